The SMILES string of the molecule is Cl.NC1CCC(C(=O)Nc2nc3ccccc3n2C2CCCC2)C1. The highest BCUT2D eigenvalue weighted by atomic mass is 35.5. The normalized spacial score (nSPS) is 24.2. The third-order valence-electron chi connectivity index (χ3n) is 5.36. The summed E-state index contributed by atoms with van der Waals surface area (Å²) in [5, 5.41) is 3.10. The topological polar surface area (TPSA) is 72.9 Å². The Morgan fingerprint density at radius 1 is 1.17 bits per heavy atom. The molecular weight excluding hydrogens is 324 g/mol. The van der Waals surface area contributed by atoms with E-state index in [1.807, 2.05) is 18.2 Å². The summed E-state index contributed by atoms with van der Waals surface area (Å²) >= 11 is 0. The molecule has 6 heteroatoms. The van der Waals surface area contributed by atoms with Crippen molar-refractivity contribution in [3.63, 3.8) is 0 Å². The van der Waals surface area contributed by atoms with Gasteiger partial charge in [-0.25, -0.2) is 4.98 Å². The summed E-state index contributed by atoms with van der Waals surface area (Å²) < 4.78 is 2.25. The Kier molecular flexibility index (Phi) is 5.11. The Bertz CT molecular complexity index is 723. The minimum absolute atomic E-state index is 0. The maximum Gasteiger partial charge on any atom is 0.229 e. The average molecular weight is 349 g/mol. The molecule has 1 aromatic carbocycles. The molecule has 2 aliphatic carbocycles. The molecule has 1 aromatic heterocycles. The van der Waals surface area contributed by atoms with Crippen molar-refractivity contribution >= 4 is 35.3 Å². The first-order valence-electron chi connectivity index (χ1n) is 8.76. The summed E-state index contributed by atoms with van der Waals surface area (Å²) in [6.45, 7) is 0. The van der Waals surface area contributed by atoms with Crippen molar-refractivity contribution in [3.05, 3.63) is 24.3 Å². The van der Waals surface area contributed by atoms with Crippen LogP contribution in [0.4, 0.5) is 5.95 Å². The van der Waals surface area contributed by atoms with E-state index in [4.69, 9.17) is 5.73 Å². The van der Waals surface area contributed by atoms with Gasteiger partial charge in [-0.15, -0.1) is 12.4 Å². The molecule has 2 aromatic rings. The van der Waals surface area contributed by atoms with Crippen molar-refractivity contribution in [2.24, 2.45) is 11.7 Å². The van der Waals surface area contributed by atoms with Crippen LogP contribution >= 0.6 is 12.4 Å². The molecule has 5 nitrogen and oxygen atoms in total. The molecule has 130 valence electrons. The standard InChI is InChI=1S/C18H24N4O.ClH/c19-13-10-9-12(11-13)17(23)21-18-20-15-7-3-4-8-16(15)22(18)14-5-1-2-6-14;/h3-4,7-8,12-14H,1-2,5-6,9-11,19H2,(H,20,21,23);1H. The minimum atomic E-state index is 0. The summed E-state index contributed by atoms with van der Waals surface area (Å²) in [6, 6.07) is 8.76. The van der Waals surface area contributed by atoms with E-state index in [0.717, 1.165) is 43.1 Å². The van der Waals surface area contributed by atoms with Crippen molar-refractivity contribution < 1.29 is 4.79 Å². The zero-order chi connectivity index (χ0) is 15.8. The van der Waals surface area contributed by atoms with E-state index in [1.165, 1.54) is 12.8 Å². The van der Waals surface area contributed by atoms with E-state index in [2.05, 4.69) is 20.9 Å². The Hall–Kier alpha value is -1.59. The predicted octanol–water partition coefficient (Wildman–Crippen LogP) is 3.64. The number of benzene rings is 1. The fourth-order valence-electron chi connectivity index (χ4n) is 4.13. The molecule has 0 spiro atoms. The van der Waals surface area contributed by atoms with E-state index in [0.29, 0.717) is 12.0 Å². The van der Waals surface area contributed by atoms with Crippen molar-refractivity contribution in [3.8, 4) is 0 Å². The number of rotatable bonds is 3. The zero-order valence-corrected chi connectivity index (χ0v) is 14.6. The van der Waals surface area contributed by atoms with Crippen molar-refractivity contribution in [2.75, 3.05) is 5.32 Å². The lowest BCUT2D eigenvalue weighted by Gasteiger charge is -2.17. The second-order valence-electron chi connectivity index (χ2n) is 6.99. The van der Waals surface area contributed by atoms with Crippen LogP contribution in [0.5, 0.6) is 0 Å². The second-order valence-corrected chi connectivity index (χ2v) is 6.99. The van der Waals surface area contributed by atoms with Gasteiger partial charge in [-0.1, -0.05) is 25.0 Å². The number of carbonyl (C=O) groups is 1. The number of imidazole rings is 1. The number of nitrogens with zero attached hydrogens (tertiary/aromatic N) is 2. The van der Waals surface area contributed by atoms with E-state index >= 15 is 0 Å². The number of hydrogen-bond acceptors (Lipinski definition) is 3. The van der Waals surface area contributed by atoms with Crippen LogP contribution in [0.25, 0.3) is 11.0 Å². The largest absolute Gasteiger partial charge is 0.328 e. The molecule has 1 heterocycles. The van der Waals surface area contributed by atoms with Gasteiger partial charge in [0, 0.05) is 18.0 Å². The average Bonchev–Trinajstić information content (AvgIpc) is 3.25. The molecule has 2 fully saturated rings. The van der Waals surface area contributed by atoms with E-state index < -0.39 is 0 Å². The molecule has 2 saturated carbocycles. The number of nitrogens with one attached hydrogen (secondary N) is 1. The van der Waals surface area contributed by atoms with Gasteiger partial charge in [-0.2, -0.15) is 0 Å². The third kappa shape index (κ3) is 3.15. The molecule has 1 amide bonds. The van der Waals surface area contributed by atoms with Gasteiger partial charge in [-0.05, 0) is 44.2 Å². The summed E-state index contributed by atoms with van der Waals surface area (Å²) in [5.41, 5.74) is 8.03. The number of carbonyl (C=O) groups excluding carboxylic acids is 1. The van der Waals surface area contributed by atoms with Crippen LogP contribution in [0.3, 0.4) is 0 Å². The van der Waals surface area contributed by atoms with Crippen LogP contribution in [0.1, 0.15) is 51.0 Å². The molecule has 0 bridgehead atoms. The first-order chi connectivity index (χ1) is 11.2. The molecule has 0 aliphatic heterocycles. The van der Waals surface area contributed by atoms with Gasteiger partial charge in [-0.3, -0.25) is 10.1 Å². The van der Waals surface area contributed by atoms with E-state index in [9.17, 15) is 4.79 Å². The maximum absolute atomic E-state index is 12.6. The van der Waals surface area contributed by atoms with Crippen molar-refractivity contribution in [1.29, 1.82) is 0 Å². The lowest BCUT2D eigenvalue weighted by molar-refractivity contribution is -0.119. The Morgan fingerprint density at radius 3 is 2.62 bits per heavy atom. The van der Waals surface area contributed by atoms with Crippen LogP contribution in [-0.2, 0) is 4.79 Å². The highest BCUT2D eigenvalue weighted by molar-refractivity contribution is 5.93. The molecular formula is C18H25ClN4O. The van der Waals surface area contributed by atoms with Gasteiger partial charge in [0.2, 0.25) is 11.9 Å². The van der Waals surface area contributed by atoms with Gasteiger partial charge in [0.1, 0.15) is 0 Å². The van der Waals surface area contributed by atoms with Gasteiger partial charge in [0.15, 0.2) is 0 Å². The van der Waals surface area contributed by atoms with Crippen LogP contribution in [0.15, 0.2) is 24.3 Å². The Labute approximate surface area is 148 Å². The number of hydrogen-bond donors (Lipinski definition) is 2. The number of nitrogens with two attached hydrogens (primary N) is 1. The van der Waals surface area contributed by atoms with Crippen molar-refractivity contribution in [2.45, 2.75) is 57.0 Å². The van der Waals surface area contributed by atoms with Crippen LogP contribution in [-0.4, -0.2) is 21.5 Å². The molecule has 4 rings (SSSR count). The van der Waals surface area contributed by atoms with E-state index in [1.54, 1.807) is 0 Å². The number of para-hydroxylation sites is 2. The maximum atomic E-state index is 12.6. The first kappa shape index (κ1) is 17.2. The highest BCUT2D eigenvalue weighted by Crippen LogP contribution is 2.35. The quantitative estimate of drug-likeness (QED) is 0.889. The minimum Gasteiger partial charge on any atom is -0.328 e. The van der Waals surface area contributed by atoms with Gasteiger partial charge < -0.3 is 10.3 Å². The smallest absolute Gasteiger partial charge is 0.229 e. The van der Waals surface area contributed by atoms with Crippen molar-refractivity contribution in [1.82, 2.24) is 9.55 Å². The molecule has 2 unspecified atom stereocenters. The van der Waals surface area contributed by atoms with Crippen LogP contribution in [0.2, 0.25) is 0 Å². The Morgan fingerprint density at radius 2 is 1.92 bits per heavy atom. The number of aromatic nitrogens is 2. The monoisotopic (exact) mass is 348 g/mol. The van der Waals surface area contributed by atoms with Crippen LogP contribution < -0.4 is 11.1 Å². The van der Waals surface area contributed by atoms with Gasteiger partial charge in [0.05, 0.1) is 11.0 Å². The summed E-state index contributed by atoms with van der Waals surface area (Å²) in [7, 11) is 0. The van der Waals surface area contributed by atoms with Gasteiger partial charge >= 0.3 is 0 Å². The summed E-state index contributed by atoms with van der Waals surface area (Å²) in [4.78, 5) is 17.3. The van der Waals surface area contributed by atoms with E-state index in [-0.39, 0.29) is 30.3 Å². The molecule has 0 saturated heterocycles. The first-order valence-corrected chi connectivity index (χ1v) is 8.76. The lowest BCUT2D eigenvalue weighted by Crippen LogP contribution is -2.25. The number of halogens is 1. The zero-order valence-electron chi connectivity index (χ0n) is 13.8. The number of amides is 1. The molecule has 24 heavy (non-hydrogen) atoms. The summed E-state index contributed by atoms with van der Waals surface area (Å²) in [6.07, 6.45) is 7.45. The number of anilines is 1. The molecule has 2 atom stereocenters. The fraction of sp³-hybridized carbons (Fsp3) is 0.556. The lowest BCUT2D eigenvalue weighted by atomic mass is 10.1. The molecule has 0 radical (unpaired) electrons. The second kappa shape index (κ2) is 7.11. The van der Waals surface area contributed by atoms with Crippen LogP contribution in [0, 0.1) is 5.92 Å². The number of fused-ring (bicyclic) bond motifs is 1. The molecule has 2 aliphatic rings. The third-order valence-corrected chi connectivity index (χ3v) is 5.36. The summed E-state index contributed by atoms with van der Waals surface area (Å²) in [5.74, 6) is 0.818. The fourth-order valence-corrected chi connectivity index (χ4v) is 4.13. The molecule has 3 N–H and O–H groups in total. The van der Waals surface area contributed by atoms with Gasteiger partial charge in [0.25, 0.3) is 0 Å². The highest BCUT2D eigenvalue weighted by Gasteiger charge is 2.30. The Balaban J connectivity index is 0.00000169. The predicted molar refractivity (Wildman–Crippen MR) is 98.4 cm³/mol.